The first kappa shape index (κ1) is 32.2. The SMILES string of the molecule is C1CCNCCNCC1.C=CC(=O)Cl.C=CC(=O)N1CCN(C(=O)C=C)CCN(C(=O)C=C)CC1. The summed E-state index contributed by atoms with van der Waals surface area (Å²) in [4.78, 5) is 49.6. The Bertz CT molecular complexity index is 622. The van der Waals surface area contributed by atoms with Gasteiger partial charge in [0, 0.05) is 52.4 Å². The lowest BCUT2D eigenvalue weighted by Crippen LogP contribution is -2.40. The quantitative estimate of drug-likeness (QED) is 0.438. The van der Waals surface area contributed by atoms with Gasteiger partial charge in [-0.25, -0.2) is 0 Å². The van der Waals surface area contributed by atoms with Gasteiger partial charge in [0.15, 0.2) is 0 Å². The molecule has 3 amide bonds. The van der Waals surface area contributed by atoms with Crippen molar-refractivity contribution in [3.05, 3.63) is 50.6 Å². The largest absolute Gasteiger partial charge is 0.336 e. The lowest BCUT2D eigenvalue weighted by atomic mass is 10.2. The highest BCUT2D eigenvalue weighted by Gasteiger charge is 2.21. The van der Waals surface area contributed by atoms with Crippen LogP contribution in [-0.2, 0) is 19.2 Å². The molecule has 0 bridgehead atoms. The first-order valence-electron chi connectivity index (χ1n) is 11.8. The first-order chi connectivity index (χ1) is 16.8. The van der Waals surface area contributed by atoms with Gasteiger partial charge in [-0.2, -0.15) is 0 Å². The number of hydrogen-bond acceptors (Lipinski definition) is 6. The maximum atomic E-state index is 11.8. The fourth-order valence-electron chi connectivity index (χ4n) is 3.21. The standard InChI is InChI=1S/C15H21N3O3.C7H16N2.C3H3ClO/c1-4-13(19)16-7-9-17(14(20)5-2)11-12-18(10-8-16)15(21)6-3;1-2-4-8-6-7-9-5-3-1;1-2-3(4)5/h4-6H,1-3,7-12H2;8-9H,1-7H2;2H,1H2. The van der Waals surface area contributed by atoms with Crippen LogP contribution in [-0.4, -0.2) is 103 Å². The van der Waals surface area contributed by atoms with Gasteiger partial charge in [0.25, 0.3) is 0 Å². The second kappa shape index (κ2) is 20.6. The average molecular weight is 510 g/mol. The highest BCUT2D eigenvalue weighted by atomic mass is 35.5. The van der Waals surface area contributed by atoms with Crippen LogP contribution in [0.4, 0.5) is 0 Å². The van der Waals surface area contributed by atoms with Crippen LogP contribution < -0.4 is 10.6 Å². The van der Waals surface area contributed by atoms with Crippen molar-refractivity contribution >= 4 is 34.6 Å². The molecule has 196 valence electrons. The molecule has 2 N–H and O–H groups in total. The van der Waals surface area contributed by atoms with E-state index < -0.39 is 5.24 Å². The van der Waals surface area contributed by atoms with Crippen LogP contribution in [0.5, 0.6) is 0 Å². The molecule has 35 heavy (non-hydrogen) atoms. The van der Waals surface area contributed by atoms with Crippen molar-refractivity contribution in [3.8, 4) is 0 Å². The maximum absolute atomic E-state index is 11.8. The van der Waals surface area contributed by atoms with Crippen molar-refractivity contribution in [3.63, 3.8) is 0 Å². The molecule has 0 aromatic rings. The second-order valence-electron chi connectivity index (χ2n) is 7.66. The molecule has 2 rings (SSSR count). The monoisotopic (exact) mass is 509 g/mol. The zero-order valence-electron chi connectivity index (χ0n) is 20.7. The number of allylic oxidation sites excluding steroid dienone is 1. The summed E-state index contributed by atoms with van der Waals surface area (Å²) in [6, 6.07) is 0. The van der Waals surface area contributed by atoms with E-state index in [2.05, 4.69) is 36.9 Å². The molecule has 0 atom stereocenters. The number of nitrogens with one attached hydrogen (secondary N) is 2. The third-order valence-electron chi connectivity index (χ3n) is 5.22. The Kier molecular flexibility index (Phi) is 19.0. The molecule has 2 aliphatic rings. The zero-order chi connectivity index (χ0) is 26.5. The second-order valence-corrected chi connectivity index (χ2v) is 8.03. The third kappa shape index (κ3) is 15.7. The lowest BCUT2D eigenvalue weighted by molar-refractivity contribution is -0.129. The van der Waals surface area contributed by atoms with E-state index in [4.69, 9.17) is 11.6 Å². The average Bonchev–Trinajstić information content (AvgIpc) is 3.10. The Balaban J connectivity index is 0.000000673. The molecule has 9 nitrogen and oxygen atoms in total. The van der Waals surface area contributed by atoms with Gasteiger partial charge in [-0.1, -0.05) is 32.7 Å². The fourth-order valence-corrected chi connectivity index (χ4v) is 3.21. The summed E-state index contributed by atoms with van der Waals surface area (Å²) in [7, 11) is 0. The molecule has 0 radical (unpaired) electrons. The molecular weight excluding hydrogens is 470 g/mol. The number of carbonyl (C=O) groups is 4. The fraction of sp³-hybridized carbons (Fsp3) is 0.520. The maximum Gasteiger partial charge on any atom is 0.246 e. The predicted octanol–water partition coefficient (Wildman–Crippen LogP) is 1.33. The van der Waals surface area contributed by atoms with Gasteiger partial charge < -0.3 is 25.3 Å². The molecular formula is C25H40ClN5O4. The first-order valence-corrected chi connectivity index (χ1v) is 12.2. The molecule has 0 spiro atoms. The summed E-state index contributed by atoms with van der Waals surface area (Å²) < 4.78 is 0. The summed E-state index contributed by atoms with van der Waals surface area (Å²) in [5.41, 5.74) is 0. The van der Waals surface area contributed by atoms with Crippen LogP contribution in [0.3, 0.4) is 0 Å². The molecule has 0 aliphatic carbocycles. The van der Waals surface area contributed by atoms with Crippen LogP contribution in [0, 0.1) is 0 Å². The van der Waals surface area contributed by atoms with Crippen LogP contribution in [0.15, 0.2) is 50.6 Å². The molecule has 10 heteroatoms. The number of carbonyl (C=O) groups excluding carboxylic acids is 4. The molecule has 0 unspecified atom stereocenters. The Labute approximate surface area is 214 Å². The van der Waals surface area contributed by atoms with Crippen molar-refractivity contribution < 1.29 is 19.2 Å². The molecule has 0 aromatic carbocycles. The van der Waals surface area contributed by atoms with Gasteiger partial charge in [0.1, 0.15) is 0 Å². The number of hydrogen-bond donors (Lipinski definition) is 2. The van der Waals surface area contributed by atoms with E-state index >= 15 is 0 Å². The van der Waals surface area contributed by atoms with E-state index in [0.717, 1.165) is 19.2 Å². The summed E-state index contributed by atoms with van der Waals surface area (Å²) in [5.74, 6) is -0.642. The van der Waals surface area contributed by atoms with Crippen LogP contribution in [0.25, 0.3) is 0 Å². The van der Waals surface area contributed by atoms with Gasteiger partial charge in [0.05, 0.1) is 0 Å². The third-order valence-corrected chi connectivity index (χ3v) is 5.38. The van der Waals surface area contributed by atoms with Gasteiger partial charge >= 0.3 is 0 Å². The smallest absolute Gasteiger partial charge is 0.246 e. The van der Waals surface area contributed by atoms with Crippen molar-refractivity contribution in [2.75, 3.05) is 65.4 Å². The van der Waals surface area contributed by atoms with E-state index in [1.165, 1.54) is 50.6 Å². The van der Waals surface area contributed by atoms with Crippen molar-refractivity contribution in [1.82, 2.24) is 25.3 Å². The van der Waals surface area contributed by atoms with Crippen molar-refractivity contribution in [2.45, 2.75) is 19.3 Å². The molecule has 2 fully saturated rings. The highest BCUT2D eigenvalue weighted by molar-refractivity contribution is 6.66. The Hall–Kier alpha value is -2.75. The topological polar surface area (TPSA) is 102 Å². The zero-order valence-corrected chi connectivity index (χ0v) is 21.4. The molecule has 2 saturated heterocycles. The normalized spacial score (nSPS) is 16.9. The summed E-state index contributed by atoms with van der Waals surface area (Å²) in [6.45, 7) is 20.6. The summed E-state index contributed by atoms with van der Waals surface area (Å²) in [5, 5.41) is 6.22. The molecule has 0 saturated carbocycles. The van der Waals surface area contributed by atoms with E-state index in [1.54, 1.807) is 14.7 Å². The minimum absolute atomic E-state index is 0.214. The minimum Gasteiger partial charge on any atom is -0.336 e. The highest BCUT2D eigenvalue weighted by Crippen LogP contribution is 2.03. The Morgan fingerprint density at radius 3 is 1.06 bits per heavy atom. The van der Waals surface area contributed by atoms with Crippen molar-refractivity contribution in [1.29, 1.82) is 0 Å². The lowest BCUT2D eigenvalue weighted by Gasteiger charge is -2.24. The number of nitrogens with zero attached hydrogens (tertiary/aromatic N) is 3. The molecule has 2 heterocycles. The molecule has 0 aromatic heterocycles. The van der Waals surface area contributed by atoms with E-state index in [0.29, 0.717) is 39.3 Å². The van der Waals surface area contributed by atoms with E-state index in [9.17, 15) is 19.2 Å². The number of halogens is 1. The number of amides is 3. The minimum atomic E-state index is -0.509. The predicted molar refractivity (Wildman–Crippen MR) is 141 cm³/mol. The van der Waals surface area contributed by atoms with Crippen LogP contribution in [0.1, 0.15) is 19.3 Å². The van der Waals surface area contributed by atoms with Gasteiger partial charge in [-0.15, -0.1) is 0 Å². The van der Waals surface area contributed by atoms with E-state index in [1.807, 2.05) is 0 Å². The van der Waals surface area contributed by atoms with Gasteiger partial charge in [-0.3, -0.25) is 19.2 Å². The van der Waals surface area contributed by atoms with Crippen molar-refractivity contribution in [2.24, 2.45) is 0 Å². The summed E-state index contributed by atoms with van der Waals surface area (Å²) >= 11 is 4.71. The van der Waals surface area contributed by atoms with Crippen LogP contribution >= 0.6 is 11.6 Å². The summed E-state index contributed by atoms with van der Waals surface area (Å²) in [6.07, 6.45) is 8.82. The van der Waals surface area contributed by atoms with Gasteiger partial charge in [-0.05, 0) is 61.8 Å². The molecule has 2 aliphatic heterocycles. The van der Waals surface area contributed by atoms with Crippen LogP contribution in [0.2, 0.25) is 0 Å². The number of rotatable bonds is 4. The Morgan fingerprint density at radius 1 is 0.543 bits per heavy atom. The Morgan fingerprint density at radius 2 is 0.829 bits per heavy atom. The van der Waals surface area contributed by atoms with E-state index in [-0.39, 0.29) is 17.7 Å². The van der Waals surface area contributed by atoms with Gasteiger partial charge in [0.2, 0.25) is 23.0 Å².